The number of ether oxygens (including phenoxy) is 1. The Kier molecular flexibility index (Phi) is 3.71. The summed E-state index contributed by atoms with van der Waals surface area (Å²) >= 11 is 0. The van der Waals surface area contributed by atoms with Crippen molar-refractivity contribution < 1.29 is 18.7 Å². The van der Waals surface area contributed by atoms with E-state index in [9.17, 15) is 14.9 Å². The molecule has 0 bridgehead atoms. The maximum atomic E-state index is 12.4. The fourth-order valence-corrected chi connectivity index (χ4v) is 2.99. The van der Waals surface area contributed by atoms with Gasteiger partial charge in [-0.3, -0.25) is 14.5 Å². The van der Waals surface area contributed by atoms with Crippen molar-refractivity contribution in [3.05, 3.63) is 47.0 Å². The second kappa shape index (κ2) is 6.03. The lowest BCUT2D eigenvalue weighted by molar-refractivity contribution is 0.0628. The molecule has 126 valence electrons. The standard InChI is InChI=1S/C17H14N4O4/c18-9-13-17(20-5-7-24-8-6-20)25-14(19-13)10-21-15(22)11-3-1-2-4-12(11)16(21)23/h1-4H,5-8,10H2. The van der Waals surface area contributed by atoms with Gasteiger partial charge in [0.25, 0.3) is 11.8 Å². The molecule has 2 aliphatic rings. The van der Waals surface area contributed by atoms with Crippen molar-refractivity contribution in [2.24, 2.45) is 0 Å². The normalized spacial score (nSPS) is 16.9. The summed E-state index contributed by atoms with van der Waals surface area (Å²) in [6.45, 7) is 2.16. The number of carbonyl (C=O) groups is 2. The third-order valence-electron chi connectivity index (χ3n) is 4.23. The first kappa shape index (κ1) is 15.4. The topological polar surface area (TPSA) is 99.7 Å². The van der Waals surface area contributed by atoms with Gasteiger partial charge in [0, 0.05) is 13.1 Å². The summed E-state index contributed by atoms with van der Waals surface area (Å²) < 4.78 is 11.0. The van der Waals surface area contributed by atoms with Crippen molar-refractivity contribution in [3.63, 3.8) is 0 Å². The third kappa shape index (κ3) is 2.55. The molecule has 8 heteroatoms. The average molecular weight is 338 g/mol. The molecule has 0 saturated carbocycles. The van der Waals surface area contributed by atoms with Gasteiger partial charge in [-0.25, -0.2) is 0 Å². The van der Waals surface area contributed by atoms with Crippen LogP contribution >= 0.6 is 0 Å². The molecule has 1 fully saturated rings. The van der Waals surface area contributed by atoms with Crippen LogP contribution in [0.25, 0.3) is 0 Å². The third-order valence-corrected chi connectivity index (χ3v) is 4.23. The molecule has 25 heavy (non-hydrogen) atoms. The molecule has 8 nitrogen and oxygen atoms in total. The maximum Gasteiger partial charge on any atom is 0.262 e. The number of imide groups is 1. The minimum atomic E-state index is -0.384. The van der Waals surface area contributed by atoms with E-state index < -0.39 is 0 Å². The van der Waals surface area contributed by atoms with Crippen LogP contribution in [0.1, 0.15) is 32.3 Å². The second-order valence-electron chi connectivity index (χ2n) is 5.71. The van der Waals surface area contributed by atoms with E-state index in [0.717, 1.165) is 4.90 Å². The molecule has 1 saturated heterocycles. The second-order valence-corrected chi connectivity index (χ2v) is 5.71. The van der Waals surface area contributed by atoms with Crippen LogP contribution in [0.3, 0.4) is 0 Å². The Morgan fingerprint density at radius 3 is 2.36 bits per heavy atom. The molecule has 2 amide bonds. The van der Waals surface area contributed by atoms with Crippen LogP contribution in [0.4, 0.5) is 5.88 Å². The highest BCUT2D eigenvalue weighted by atomic mass is 16.5. The van der Waals surface area contributed by atoms with Crippen molar-refractivity contribution in [1.82, 2.24) is 9.88 Å². The van der Waals surface area contributed by atoms with Crippen molar-refractivity contribution in [3.8, 4) is 6.07 Å². The number of benzene rings is 1. The molecular formula is C17H14N4O4. The first-order valence-corrected chi connectivity index (χ1v) is 7.87. The average Bonchev–Trinajstić information content (AvgIpc) is 3.18. The van der Waals surface area contributed by atoms with Crippen LogP contribution in [0.2, 0.25) is 0 Å². The summed E-state index contributed by atoms with van der Waals surface area (Å²) in [5.41, 5.74) is 0.884. The predicted molar refractivity (Wildman–Crippen MR) is 84.9 cm³/mol. The monoisotopic (exact) mass is 338 g/mol. The van der Waals surface area contributed by atoms with Gasteiger partial charge in [0.15, 0.2) is 0 Å². The number of nitrogens with zero attached hydrogens (tertiary/aromatic N) is 4. The maximum absolute atomic E-state index is 12.4. The van der Waals surface area contributed by atoms with Crippen LogP contribution < -0.4 is 4.90 Å². The number of oxazole rings is 1. The van der Waals surface area contributed by atoms with Gasteiger partial charge in [-0.05, 0) is 12.1 Å². The van der Waals surface area contributed by atoms with Crippen LogP contribution in [-0.2, 0) is 11.3 Å². The predicted octanol–water partition coefficient (Wildman–Crippen LogP) is 1.18. The fraction of sp³-hybridized carbons (Fsp3) is 0.294. The molecule has 0 N–H and O–H groups in total. The molecule has 4 rings (SSSR count). The lowest BCUT2D eigenvalue weighted by Gasteiger charge is -2.26. The molecule has 0 radical (unpaired) electrons. The highest BCUT2D eigenvalue weighted by Gasteiger charge is 2.36. The Morgan fingerprint density at radius 2 is 1.76 bits per heavy atom. The van der Waals surface area contributed by atoms with Gasteiger partial charge in [0.2, 0.25) is 17.5 Å². The number of hydrogen-bond donors (Lipinski definition) is 0. The highest BCUT2D eigenvalue weighted by Crippen LogP contribution is 2.27. The van der Waals surface area contributed by atoms with Gasteiger partial charge in [-0.1, -0.05) is 12.1 Å². The van der Waals surface area contributed by atoms with Crippen LogP contribution in [0.15, 0.2) is 28.7 Å². The largest absolute Gasteiger partial charge is 0.422 e. The summed E-state index contributed by atoms with van der Waals surface area (Å²) in [7, 11) is 0. The molecular weight excluding hydrogens is 324 g/mol. The van der Waals surface area contributed by atoms with Gasteiger partial charge >= 0.3 is 0 Å². The van der Waals surface area contributed by atoms with Gasteiger partial charge < -0.3 is 14.1 Å². The van der Waals surface area contributed by atoms with Crippen LogP contribution in [0, 0.1) is 11.3 Å². The Hall–Kier alpha value is -3.18. The number of hydrogen-bond acceptors (Lipinski definition) is 7. The first-order chi connectivity index (χ1) is 12.2. The number of morpholine rings is 1. The van der Waals surface area contributed by atoms with Crippen molar-refractivity contribution >= 4 is 17.7 Å². The summed E-state index contributed by atoms with van der Waals surface area (Å²) in [5, 5.41) is 9.29. The van der Waals surface area contributed by atoms with Crippen molar-refractivity contribution in [2.45, 2.75) is 6.54 Å². The molecule has 1 aromatic heterocycles. The molecule has 2 aliphatic heterocycles. The molecule has 0 aliphatic carbocycles. The Labute approximate surface area is 143 Å². The van der Waals surface area contributed by atoms with E-state index >= 15 is 0 Å². The Morgan fingerprint density at radius 1 is 1.12 bits per heavy atom. The molecule has 0 unspecified atom stereocenters. The number of rotatable bonds is 3. The van der Waals surface area contributed by atoms with Crippen LogP contribution in [-0.4, -0.2) is 48.0 Å². The number of anilines is 1. The first-order valence-electron chi connectivity index (χ1n) is 7.87. The summed E-state index contributed by atoms with van der Waals surface area (Å²) in [4.78, 5) is 31.9. The van der Waals surface area contributed by atoms with Gasteiger partial charge in [-0.2, -0.15) is 10.2 Å². The van der Waals surface area contributed by atoms with Gasteiger partial charge in [0.05, 0.1) is 24.3 Å². The quantitative estimate of drug-likeness (QED) is 0.775. The van der Waals surface area contributed by atoms with Crippen molar-refractivity contribution in [2.75, 3.05) is 31.2 Å². The molecule has 2 aromatic rings. The van der Waals surface area contributed by atoms with E-state index in [2.05, 4.69) is 4.98 Å². The van der Waals surface area contributed by atoms with Crippen molar-refractivity contribution in [1.29, 1.82) is 5.26 Å². The van der Waals surface area contributed by atoms with E-state index in [0.29, 0.717) is 43.3 Å². The summed E-state index contributed by atoms with van der Waals surface area (Å²) in [5.74, 6) is -0.250. The molecule has 3 heterocycles. The SMILES string of the molecule is N#Cc1nc(CN2C(=O)c3ccccc3C2=O)oc1N1CCOCC1. The lowest BCUT2D eigenvalue weighted by Crippen LogP contribution is -2.36. The zero-order chi connectivity index (χ0) is 17.4. The number of nitriles is 1. The summed E-state index contributed by atoms with van der Waals surface area (Å²) in [6.07, 6.45) is 0. The Balaban J connectivity index is 1.60. The smallest absolute Gasteiger partial charge is 0.262 e. The number of carbonyl (C=O) groups excluding carboxylic acids is 2. The van der Waals surface area contributed by atoms with Gasteiger partial charge in [0.1, 0.15) is 12.6 Å². The summed E-state index contributed by atoms with van der Waals surface area (Å²) in [6, 6.07) is 8.66. The zero-order valence-corrected chi connectivity index (χ0v) is 13.3. The zero-order valence-electron chi connectivity index (χ0n) is 13.3. The van der Waals surface area contributed by atoms with E-state index in [1.54, 1.807) is 24.3 Å². The number of amides is 2. The molecule has 0 spiro atoms. The molecule has 0 atom stereocenters. The molecule has 1 aromatic carbocycles. The minimum Gasteiger partial charge on any atom is -0.422 e. The Bertz CT molecular complexity index is 857. The minimum absolute atomic E-state index is 0.106. The number of fused-ring (bicyclic) bond motifs is 1. The van der Waals surface area contributed by atoms with E-state index in [1.807, 2.05) is 11.0 Å². The lowest BCUT2D eigenvalue weighted by atomic mass is 10.1. The fourth-order valence-electron chi connectivity index (χ4n) is 2.99. The van der Waals surface area contributed by atoms with Gasteiger partial charge in [-0.15, -0.1) is 0 Å². The highest BCUT2D eigenvalue weighted by molar-refractivity contribution is 6.21. The van der Waals surface area contributed by atoms with E-state index in [-0.39, 0.29) is 29.9 Å². The van der Waals surface area contributed by atoms with E-state index in [1.165, 1.54) is 0 Å². The number of aromatic nitrogens is 1. The van der Waals surface area contributed by atoms with E-state index in [4.69, 9.17) is 9.15 Å². The van der Waals surface area contributed by atoms with Crippen LogP contribution in [0.5, 0.6) is 0 Å².